The van der Waals surface area contributed by atoms with Crippen LogP contribution in [0, 0.1) is 6.92 Å². The van der Waals surface area contributed by atoms with Crippen LogP contribution in [-0.4, -0.2) is 33.4 Å². The van der Waals surface area contributed by atoms with Crippen LogP contribution in [0.2, 0.25) is 0 Å². The Morgan fingerprint density at radius 1 is 1.18 bits per heavy atom. The van der Waals surface area contributed by atoms with Gasteiger partial charge in [-0.25, -0.2) is 9.97 Å². The number of likely N-dealkylation sites (tertiary alicyclic amines) is 1. The molecule has 2 fully saturated rings. The molecule has 1 aromatic heterocycles. The molecule has 1 saturated heterocycles. The van der Waals surface area contributed by atoms with Crippen molar-refractivity contribution in [1.82, 2.24) is 14.9 Å². The minimum absolute atomic E-state index is 0.0457. The van der Waals surface area contributed by atoms with Crippen molar-refractivity contribution in [3.8, 4) is 0 Å². The minimum Gasteiger partial charge on any atom is -0.367 e. The highest BCUT2D eigenvalue weighted by Gasteiger charge is 2.30. The lowest BCUT2D eigenvalue weighted by atomic mass is 9.95. The monoisotopic (exact) mass is 302 g/mol. The highest BCUT2D eigenvalue weighted by molar-refractivity contribution is 5.74. The lowest BCUT2D eigenvalue weighted by molar-refractivity contribution is -0.129. The van der Waals surface area contributed by atoms with Crippen LogP contribution in [0.5, 0.6) is 0 Å². The number of rotatable bonds is 3. The summed E-state index contributed by atoms with van der Waals surface area (Å²) in [7, 11) is 0. The molecule has 1 unspecified atom stereocenters. The molecule has 1 aliphatic carbocycles. The maximum Gasteiger partial charge on any atom is 0.220 e. The van der Waals surface area contributed by atoms with Crippen LogP contribution < -0.4 is 5.32 Å². The number of nitrogens with one attached hydrogen (secondary N) is 1. The van der Waals surface area contributed by atoms with E-state index in [1.54, 1.807) is 6.92 Å². The molecule has 2 heterocycles. The molecule has 0 spiro atoms. The predicted molar refractivity (Wildman–Crippen MR) is 86.6 cm³/mol. The smallest absolute Gasteiger partial charge is 0.220 e. The number of aryl methyl sites for hydroxylation is 1. The average molecular weight is 302 g/mol. The maximum atomic E-state index is 11.8. The molecule has 1 atom stereocenters. The van der Waals surface area contributed by atoms with Gasteiger partial charge in [-0.3, -0.25) is 4.79 Å². The lowest BCUT2D eigenvalue weighted by Gasteiger charge is -2.25. The number of nitrogens with zero attached hydrogens (tertiary/aromatic N) is 3. The zero-order chi connectivity index (χ0) is 15.5. The van der Waals surface area contributed by atoms with E-state index in [1.807, 2.05) is 17.9 Å². The van der Waals surface area contributed by atoms with Crippen LogP contribution in [-0.2, 0) is 4.79 Å². The molecule has 5 nitrogen and oxygen atoms in total. The summed E-state index contributed by atoms with van der Waals surface area (Å²) >= 11 is 0. The molecule has 0 bridgehead atoms. The minimum atomic E-state index is 0.0457. The van der Waals surface area contributed by atoms with Crippen LogP contribution >= 0.6 is 0 Å². The van der Waals surface area contributed by atoms with Crippen LogP contribution in [0.1, 0.15) is 69.4 Å². The normalized spacial score (nSPS) is 22.8. The van der Waals surface area contributed by atoms with Gasteiger partial charge in [0.15, 0.2) is 5.82 Å². The van der Waals surface area contributed by atoms with Crippen molar-refractivity contribution in [2.75, 3.05) is 11.9 Å². The second-order valence-electron chi connectivity index (χ2n) is 6.60. The maximum absolute atomic E-state index is 11.8. The molecule has 120 valence electrons. The number of anilines is 1. The molecule has 1 aliphatic heterocycles. The second-order valence-corrected chi connectivity index (χ2v) is 6.60. The van der Waals surface area contributed by atoms with Crippen molar-refractivity contribution in [2.24, 2.45) is 0 Å². The quantitative estimate of drug-likeness (QED) is 0.931. The highest BCUT2D eigenvalue weighted by atomic mass is 16.2. The molecule has 0 radical (unpaired) electrons. The summed E-state index contributed by atoms with van der Waals surface area (Å²) < 4.78 is 0. The van der Waals surface area contributed by atoms with Gasteiger partial charge < -0.3 is 10.2 Å². The van der Waals surface area contributed by atoms with Crippen molar-refractivity contribution in [3.05, 3.63) is 17.6 Å². The van der Waals surface area contributed by atoms with Gasteiger partial charge >= 0.3 is 0 Å². The summed E-state index contributed by atoms with van der Waals surface area (Å²) in [6.45, 7) is 4.46. The third kappa shape index (κ3) is 3.39. The zero-order valence-electron chi connectivity index (χ0n) is 13.6. The topological polar surface area (TPSA) is 58.1 Å². The standard InChI is InChI=1S/C17H26N4O/c1-12-11-16(19-14-7-4-3-5-8-14)20-17(18-12)15-9-6-10-21(15)13(2)22/h11,14-15H,3-10H2,1-2H3,(H,18,19,20). The van der Waals surface area contributed by atoms with Crippen molar-refractivity contribution in [3.63, 3.8) is 0 Å². The molecular weight excluding hydrogens is 276 g/mol. The van der Waals surface area contributed by atoms with E-state index >= 15 is 0 Å². The fourth-order valence-electron chi connectivity index (χ4n) is 3.68. The third-order valence-corrected chi connectivity index (χ3v) is 4.78. The number of carbonyl (C=O) groups is 1. The molecule has 1 N–H and O–H groups in total. The number of amides is 1. The molecule has 0 aromatic carbocycles. The van der Waals surface area contributed by atoms with Crippen LogP contribution in [0.15, 0.2) is 6.07 Å². The summed E-state index contributed by atoms with van der Waals surface area (Å²) in [6, 6.07) is 2.60. The van der Waals surface area contributed by atoms with Crippen molar-refractivity contribution in [2.45, 2.75) is 70.9 Å². The largest absolute Gasteiger partial charge is 0.367 e. The van der Waals surface area contributed by atoms with Crippen molar-refractivity contribution in [1.29, 1.82) is 0 Å². The van der Waals surface area contributed by atoms with E-state index in [0.717, 1.165) is 36.7 Å². The Balaban J connectivity index is 1.78. The molecule has 1 saturated carbocycles. The van der Waals surface area contributed by atoms with E-state index in [2.05, 4.69) is 10.3 Å². The molecule has 3 rings (SSSR count). The number of hydrogen-bond acceptors (Lipinski definition) is 4. The highest BCUT2D eigenvalue weighted by Crippen LogP contribution is 2.31. The number of carbonyl (C=O) groups excluding carboxylic acids is 1. The van der Waals surface area contributed by atoms with Crippen molar-refractivity contribution < 1.29 is 4.79 Å². The van der Waals surface area contributed by atoms with Gasteiger partial charge in [0.1, 0.15) is 5.82 Å². The van der Waals surface area contributed by atoms with Gasteiger partial charge in [-0.1, -0.05) is 19.3 Å². The zero-order valence-corrected chi connectivity index (χ0v) is 13.6. The first-order valence-electron chi connectivity index (χ1n) is 8.53. The van der Waals surface area contributed by atoms with E-state index < -0.39 is 0 Å². The SMILES string of the molecule is CC(=O)N1CCCC1c1nc(C)cc(NC2CCCCC2)n1. The molecule has 2 aliphatic rings. The summed E-state index contributed by atoms with van der Waals surface area (Å²) in [5, 5.41) is 3.58. The number of aromatic nitrogens is 2. The van der Waals surface area contributed by atoms with Gasteiger partial charge in [-0.2, -0.15) is 0 Å². The van der Waals surface area contributed by atoms with E-state index in [4.69, 9.17) is 4.98 Å². The van der Waals surface area contributed by atoms with Crippen molar-refractivity contribution >= 4 is 11.7 Å². The molecular formula is C17H26N4O. The fraction of sp³-hybridized carbons (Fsp3) is 0.706. The van der Waals surface area contributed by atoms with Crippen LogP contribution in [0.25, 0.3) is 0 Å². The molecule has 5 heteroatoms. The Kier molecular flexibility index (Phi) is 4.60. The molecule has 1 amide bonds. The Bertz CT molecular complexity index is 539. The third-order valence-electron chi connectivity index (χ3n) is 4.78. The van der Waals surface area contributed by atoms with Crippen LogP contribution in [0.3, 0.4) is 0 Å². The van der Waals surface area contributed by atoms with Gasteiger partial charge in [0.2, 0.25) is 5.91 Å². The average Bonchev–Trinajstić information content (AvgIpc) is 2.97. The summed E-state index contributed by atoms with van der Waals surface area (Å²) in [6.07, 6.45) is 8.40. The first kappa shape index (κ1) is 15.3. The molecule has 22 heavy (non-hydrogen) atoms. The van der Waals surface area contributed by atoms with Gasteiger partial charge in [0, 0.05) is 31.3 Å². The fourth-order valence-corrected chi connectivity index (χ4v) is 3.68. The van der Waals surface area contributed by atoms with E-state index in [0.29, 0.717) is 6.04 Å². The first-order chi connectivity index (χ1) is 10.6. The Hall–Kier alpha value is -1.65. The Morgan fingerprint density at radius 2 is 1.95 bits per heavy atom. The van der Waals surface area contributed by atoms with Gasteiger partial charge in [0.25, 0.3) is 0 Å². The second kappa shape index (κ2) is 6.63. The lowest BCUT2D eigenvalue weighted by Crippen LogP contribution is -2.30. The molecule has 1 aromatic rings. The predicted octanol–water partition coefficient (Wildman–Crippen LogP) is 3.21. The Morgan fingerprint density at radius 3 is 2.68 bits per heavy atom. The summed E-state index contributed by atoms with van der Waals surface area (Å²) in [4.78, 5) is 23.0. The number of hydrogen-bond donors (Lipinski definition) is 1. The van der Waals surface area contributed by atoms with Crippen LogP contribution in [0.4, 0.5) is 5.82 Å². The van der Waals surface area contributed by atoms with Gasteiger partial charge in [0.05, 0.1) is 6.04 Å². The van der Waals surface area contributed by atoms with Gasteiger partial charge in [-0.05, 0) is 32.6 Å². The van der Waals surface area contributed by atoms with Gasteiger partial charge in [-0.15, -0.1) is 0 Å². The van der Waals surface area contributed by atoms with E-state index in [-0.39, 0.29) is 11.9 Å². The Labute approximate surface area is 132 Å². The van der Waals surface area contributed by atoms with E-state index in [9.17, 15) is 4.79 Å². The first-order valence-corrected chi connectivity index (χ1v) is 8.53. The van der Waals surface area contributed by atoms with E-state index in [1.165, 1.54) is 32.1 Å². The summed E-state index contributed by atoms with van der Waals surface area (Å²) in [5.41, 5.74) is 0.971. The summed E-state index contributed by atoms with van der Waals surface area (Å²) in [5.74, 6) is 1.84.